The van der Waals surface area contributed by atoms with E-state index < -0.39 is 0 Å². The number of nitrogens with one attached hydrogen (secondary N) is 2. The second-order valence-corrected chi connectivity index (χ2v) is 4.32. The lowest BCUT2D eigenvalue weighted by Gasteiger charge is -2.18. The van der Waals surface area contributed by atoms with E-state index in [0.717, 1.165) is 23.5 Å². The third-order valence-electron chi connectivity index (χ3n) is 3.06. The van der Waals surface area contributed by atoms with Crippen LogP contribution < -0.4 is 5.32 Å². The third kappa shape index (κ3) is 2.49. The molecule has 0 radical (unpaired) electrons. The van der Waals surface area contributed by atoms with Crippen LogP contribution >= 0.6 is 0 Å². The van der Waals surface area contributed by atoms with Gasteiger partial charge in [0.05, 0.1) is 23.1 Å². The molecule has 2 rings (SSSR count). The van der Waals surface area contributed by atoms with Gasteiger partial charge in [-0.25, -0.2) is 0 Å². The van der Waals surface area contributed by atoms with Crippen LogP contribution in [0, 0.1) is 13.8 Å². The van der Waals surface area contributed by atoms with E-state index in [9.17, 15) is 0 Å². The van der Waals surface area contributed by atoms with Crippen LogP contribution in [0.3, 0.4) is 0 Å². The average molecular weight is 229 g/mol. The predicted molar refractivity (Wildman–Crippen MR) is 71.2 cm³/mol. The van der Waals surface area contributed by atoms with Crippen LogP contribution in [0.5, 0.6) is 0 Å². The minimum Gasteiger partial charge on any atom is -0.375 e. The van der Waals surface area contributed by atoms with Gasteiger partial charge in [-0.1, -0.05) is 37.3 Å². The SMILES string of the molecule is CCC(Nc1c(C)n[nH]c1C)c1ccccc1. The molecule has 0 aliphatic heterocycles. The van der Waals surface area contributed by atoms with Crippen molar-refractivity contribution in [3.63, 3.8) is 0 Å². The lowest BCUT2D eigenvalue weighted by atomic mass is 10.0. The first-order valence-corrected chi connectivity index (χ1v) is 6.05. The van der Waals surface area contributed by atoms with Gasteiger partial charge in [-0.05, 0) is 25.8 Å². The van der Waals surface area contributed by atoms with E-state index >= 15 is 0 Å². The maximum absolute atomic E-state index is 4.21. The van der Waals surface area contributed by atoms with Crippen molar-refractivity contribution in [1.29, 1.82) is 0 Å². The summed E-state index contributed by atoms with van der Waals surface area (Å²) in [5.74, 6) is 0. The predicted octanol–water partition coefficient (Wildman–Crippen LogP) is 3.59. The van der Waals surface area contributed by atoms with Crippen molar-refractivity contribution in [3.05, 3.63) is 47.3 Å². The highest BCUT2D eigenvalue weighted by Crippen LogP contribution is 2.25. The van der Waals surface area contributed by atoms with Gasteiger partial charge in [0.1, 0.15) is 0 Å². The first-order chi connectivity index (χ1) is 8.22. The average Bonchev–Trinajstić information content (AvgIpc) is 2.68. The zero-order valence-electron chi connectivity index (χ0n) is 10.6. The number of benzene rings is 1. The Morgan fingerprint density at radius 1 is 1.24 bits per heavy atom. The zero-order valence-corrected chi connectivity index (χ0v) is 10.6. The highest BCUT2D eigenvalue weighted by atomic mass is 15.2. The van der Waals surface area contributed by atoms with Crippen LogP contribution in [-0.4, -0.2) is 10.2 Å². The summed E-state index contributed by atoms with van der Waals surface area (Å²) in [6.45, 7) is 6.25. The summed E-state index contributed by atoms with van der Waals surface area (Å²) in [7, 11) is 0. The van der Waals surface area contributed by atoms with Crippen molar-refractivity contribution in [2.75, 3.05) is 5.32 Å². The molecule has 0 saturated heterocycles. The van der Waals surface area contributed by atoms with Crippen molar-refractivity contribution in [2.24, 2.45) is 0 Å². The molecule has 17 heavy (non-hydrogen) atoms. The fourth-order valence-electron chi connectivity index (χ4n) is 2.04. The minimum atomic E-state index is 0.339. The van der Waals surface area contributed by atoms with Crippen molar-refractivity contribution in [1.82, 2.24) is 10.2 Å². The highest BCUT2D eigenvalue weighted by molar-refractivity contribution is 5.53. The summed E-state index contributed by atoms with van der Waals surface area (Å²) in [5.41, 5.74) is 4.56. The van der Waals surface area contributed by atoms with E-state index in [-0.39, 0.29) is 0 Å². The Kier molecular flexibility index (Phi) is 3.47. The highest BCUT2D eigenvalue weighted by Gasteiger charge is 2.13. The van der Waals surface area contributed by atoms with E-state index in [1.165, 1.54) is 5.56 Å². The molecule has 0 spiro atoms. The van der Waals surface area contributed by atoms with Crippen LogP contribution in [0.15, 0.2) is 30.3 Å². The fourth-order valence-corrected chi connectivity index (χ4v) is 2.04. The number of aryl methyl sites for hydroxylation is 2. The summed E-state index contributed by atoms with van der Waals surface area (Å²) in [4.78, 5) is 0. The Morgan fingerprint density at radius 3 is 2.47 bits per heavy atom. The quantitative estimate of drug-likeness (QED) is 0.841. The summed E-state index contributed by atoms with van der Waals surface area (Å²) in [6, 6.07) is 10.9. The van der Waals surface area contributed by atoms with Gasteiger partial charge in [-0.2, -0.15) is 5.10 Å². The number of hydrogen-bond donors (Lipinski definition) is 2. The fraction of sp³-hybridized carbons (Fsp3) is 0.357. The van der Waals surface area contributed by atoms with E-state index in [1.807, 2.05) is 19.9 Å². The van der Waals surface area contributed by atoms with E-state index in [2.05, 4.69) is 46.7 Å². The molecule has 1 heterocycles. The zero-order chi connectivity index (χ0) is 12.3. The Morgan fingerprint density at radius 2 is 1.94 bits per heavy atom. The van der Waals surface area contributed by atoms with Gasteiger partial charge < -0.3 is 5.32 Å². The smallest absolute Gasteiger partial charge is 0.0825 e. The number of H-pyrrole nitrogens is 1. The second kappa shape index (κ2) is 5.04. The number of aromatic nitrogens is 2. The topological polar surface area (TPSA) is 40.7 Å². The van der Waals surface area contributed by atoms with E-state index in [0.29, 0.717) is 6.04 Å². The lowest BCUT2D eigenvalue weighted by Crippen LogP contribution is -2.10. The summed E-state index contributed by atoms with van der Waals surface area (Å²) >= 11 is 0. The molecule has 1 unspecified atom stereocenters. The molecule has 0 amide bonds. The number of rotatable bonds is 4. The summed E-state index contributed by atoms with van der Waals surface area (Å²) in [5, 5.41) is 10.8. The molecule has 3 heteroatoms. The Hall–Kier alpha value is -1.77. The van der Waals surface area contributed by atoms with Gasteiger partial charge in [-0.3, -0.25) is 5.10 Å². The molecule has 1 aromatic carbocycles. The summed E-state index contributed by atoms with van der Waals surface area (Å²) in [6.07, 6.45) is 1.05. The molecule has 0 saturated carbocycles. The molecular weight excluding hydrogens is 210 g/mol. The van der Waals surface area contributed by atoms with Gasteiger partial charge in [0.25, 0.3) is 0 Å². The molecule has 0 aliphatic rings. The van der Waals surface area contributed by atoms with Gasteiger partial charge in [-0.15, -0.1) is 0 Å². The second-order valence-electron chi connectivity index (χ2n) is 4.32. The van der Waals surface area contributed by atoms with Crippen molar-refractivity contribution in [2.45, 2.75) is 33.2 Å². The molecule has 1 aromatic heterocycles. The monoisotopic (exact) mass is 229 g/mol. The van der Waals surface area contributed by atoms with Crippen molar-refractivity contribution in [3.8, 4) is 0 Å². The maximum Gasteiger partial charge on any atom is 0.0825 e. The molecule has 1 atom stereocenters. The van der Waals surface area contributed by atoms with Gasteiger partial charge >= 0.3 is 0 Å². The van der Waals surface area contributed by atoms with Gasteiger partial charge in [0.15, 0.2) is 0 Å². The largest absolute Gasteiger partial charge is 0.375 e. The number of anilines is 1. The van der Waals surface area contributed by atoms with E-state index in [1.54, 1.807) is 0 Å². The molecule has 3 nitrogen and oxygen atoms in total. The Labute approximate surface area is 102 Å². The summed E-state index contributed by atoms with van der Waals surface area (Å²) < 4.78 is 0. The lowest BCUT2D eigenvalue weighted by molar-refractivity contribution is 0.747. The first-order valence-electron chi connectivity index (χ1n) is 6.05. The van der Waals surface area contributed by atoms with Crippen LogP contribution in [0.2, 0.25) is 0 Å². The normalized spacial score (nSPS) is 12.4. The van der Waals surface area contributed by atoms with Crippen LogP contribution in [0.4, 0.5) is 5.69 Å². The molecule has 2 aromatic rings. The standard InChI is InChI=1S/C14H19N3/c1-4-13(12-8-6-5-7-9-12)15-14-10(2)16-17-11(14)3/h5-9,13,15H,4H2,1-3H3,(H,16,17). The van der Waals surface area contributed by atoms with Crippen LogP contribution in [0.1, 0.15) is 36.3 Å². The van der Waals surface area contributed by atoms with Gasteiger partial charge in [0.2, 0.25) is 0 Å². The van der Waals surface area contributed by atoms with Crippen LogP contribution in [0.25, 0.3) is 0 Å². The maximum atomic E-state index is 4.21. The molecule has 2 N–H and O–H groups in total. The number of nitrogens with zero attached hydrogens (tertiary/aromatic N) is 1. The minimum absolute atomic E-state index is 0.339. The molecule has 90 valence electrons. The van der Waals surface area contributed by atoms with E-state index in [4.69, 9.17) is 0 Å². The Bertz CT molecular complexity index is 454. The Balaban J connectivity index is 2.22. The first kappa shape index (κ1) is 11.7. The van der Waals surface area contributed by atoms with Crippen molar-refractivity contribution < 1.29 is 0 Å². The number of hydrogen-bond acceptors (Lipinski definition) is 2. The molecule has 0 bridgehead atoms. The van der Waals surface area contributed by atoms with Crippen LogP contribution in [-0.2, 0) is 0 Å². The third-order valence-corrected chi connectivity index (χ3v) is 3.06. The van der Waals surface area contributed by atoms with Gasteiger partial charge in [0, 0.05) is 0 Å². The molecule has 0 fully saturated rings. The number of aromatic amines is 1. The molecule has 0 aliphatic carbocycles. The molecular formula is C14H19N3. The van der Waals surface area contributed by atoms with Crippen molar-refractivity contribution >= 4 is 5.69 Å².